The largest absolute Gasteiger partial charge is 0.398 e. The van der Waals surface area contributed by atoms with Gasteiger partial charge >= 0.3 is 8.56 Å². The minimum atomic E-state index is -1.88. The number of rotatable bonds is 8. The molecule has 0 radical (unpaired) electrons. The molecule has 3 N–H and O–H groups in total. The van der Waals surface area contributed by atoms with Crippen LogP contribution in [0.1, 0.15) is 19.8 Å². The van der Waals surface area contributed by atoms with Gasteiger partial charge in [-0.25, -0.2) is 0 Å². The first-order valence-corrected chi connectivity index (χ1v) is 7.01. The summed E-state index contributed by atoms with van der Waals surface area (Å²) in [6.45, 7) is 2.98. The molecule has 4 nitrogen and oxygen atoms in total. The Bertz CT molecular complexity index is 121. The Morgan fingerprint density at radius 1 is 1.23 bits per heavy atom. The van der Waals surface area contributed by atoms with Crippen molar-refractivity contribution in [3.05, 3.63) is 0 Å². The van der Waals surface area contributed by atoms with Gasteiger partial charge in [0, 0.05) is 20.8 Å². The Labute approximate surface area is 82.0 Å². The van der Waals surface area contributed by atoms with Crippen LogP contribution in [0.2, 0.25) is 12.1 Å². The molecule has 0 unspecified atom stereocenters. The zero-order chi connectivity index (χ0) is 10.2. The first kappa shape index (κ1) is 13.1. The molecule has 0 saturated heterocycles. The van der Waals surface area contributed by atoms with Crippen LogP contribution in [0, 0.1) is 0 Å². The number of hydrogen-bond donors (Lipinski definition) is 2. The summed E-state index contributed by atoms with van der Waals surface area (Å²) in [5.41, 5.74) is 2.64. The lowest BCUT2D eigenvalue weighted by Gasteiger charge is -2.26. The van der Waals surface area contributed by atoms with Crippen LogP contribution in [-0.4, -0.2) is 29.3 Å². The number of nitrogens with one attached hydrogen (secondary N) is 1. The Balaban J connectivity index is 3.89. The Hall–Kier alpha value is 0.0569. The summed E-state index contributed by atoms with van der Waals surface area (Å²) in [5, 5.41) is 0. The van der Waals surface area contributed by atoms with Gasteiger partial charge in [0.15, 0.2) is 0 Å². The summed E-state index contributed by atoms with van der Waals surface area (Å²) in [7, 11) is 1.63. The maximum atomic E-state index is 5.52. The fraction of sp³-hybridized carbons (Fsp3) is 1.00. The van der Waals surface area contributed by atoms with Crippen LogP contribution in [0.5, 0.6) is 0 Å². The van der Waals surface area contributed by atoms with E-state index in [1.165, 1.54) is 0 Å². The molecule has 0 aromatic carbocycles. The van der Waals surface area contributed by atoms with E-state index in [2.05, 4.69) is 12.3 Å². The second kappa shape index (κ2) is 7.46. The van der Waals surface area contributed by atoms with Crippen LogP contribution in [0.3, 0.4) is 0 Å². The monoisotopic (exact) mass is 206 g/mol. The van der Waals surface area contributed by atoms with Gasteiger partial charge in [0.1, 0.15) is 0 Å². The third-order valence-corrected chi connectivity index (χ3v) is 6.12. The molecule has 0 bridgehead atoms. The van der Waals surface area contributed by atoms with Gasteiger partial charge in [0.05, 0.1) is 0 Å². The topological polar surface area (TPSA) is 56.5 Å². The Morgan fingerprint density at radius 3 is 2.23 bits per heavy atom. The Kier molecular flexibility index (Phi) is 7.49. The van der Waals surface area contributed by atoms with Gasteiger partial charge in [-0.1, -0.05) is 13.3 Å². The minimum Gasteiger partial charge on any atom is -0.398 e. The van der Waals surface area contributed by atoms with Gasteiger partial charge < -0.3 is 8.85 Å². The minimum absolute atomic E-state index is 0.825. The molecular weight excluding hydrogens is 184 g/mol. The van der Waals surface area contributed by atoms with E-state index in [0.717, 1.165) is 31.5 Å². The van der Waals surface area contributed by atoms with Crippen molar-refractivity contribution in [3.63, 3.8) is 0 Å². The van der Waals surface area contributed by atoms with Crippen LogP contribution in [0.4, 0.5) is 0 Å². The smallest absolute Gasteiger partial charge is 0.337 e. The summed E-state index contributed by atoms with van der Waals surface area (Å²) in [5.74, 6) is 5.20. The fourth-order valence-electron chi connectivity index (χ4n) is 1.46. The highest BCUT2D eigenvalue weighted by molar-refractivity contribution is 6.67. The highest BCUT2D eigenvalue weighted by Crippen LogP contribution is 2.20. The first-order chi connectivity index (χ1) is 6.24. The van der Waals surface area contributed by atoms with Gasteiger partial charge in [0.2, 0.25) is 0 Å². The van der Waals surface area contributed by atoms with Crippen molar-refractivity contribution in [1.29, 1.82) is 0 Å². The van der Waals surface area contributed by atoms with E-state index in [-0.39, 0.29) is 0 Å². The van der Waals surface area contributed by atoms with Gasteiger partial charge in [0.25, 0.3) is 0 Å². The molecule has 0 aromatic heterocycles. The van der Waals surface area contributed by atoms with Crippen LogP contribution < -0.4 is 11.3 Å². The normalized spacial score (nSPS) is 12.0. The van der Waals surface area contributed by atoms with E-state index < -0.39 is 8.56 Å². The standard InChI is InChI=1S/C8H22N2O2Si/c1-4-7-13(11-2,12-3)8-5-6-10-9/h10H,4-9H2,1-3H3. The van der Waals surface area contributed by atoms with Crippen molar-refractivity contribution in [2.24, 2.45) is 5.84 Å². The molecule has 0 fully saturated rings. The zero-order valence-corrected chi connectivity index (χ0v) is 9.93. The molecular formula is C8H22N2O2Si. The molecule has 13 heavy (non-hydrogen) atoms. The lowest BCUT2D eigenvalue weighted by molar-refractivity contribution is 0.239. The SMILES string of the molecule is CCC[Si](CCCNN)(OC)OC. The summed E-state index contributed by atoms with van der Waals surface area (Å²) < 4.78 is 11.0. The van der Waals surface area contributed by atoms with Crippen LogP contribution in [0.25, 0.3) is 0 Å². The molecule has 0 aliphatic carbocycles. The van der Waals surface area contributed by atoms with E-state index in [0.29, 0.717) is 0 Å². The lowest BCUT2D eigenvalue weighted by atomic mass is 10.5. The van der Waals surface area contributed by atoms with Gasteiger partial charge in [-0.3, -0.25) is 11.3 Å². The van der Waals surface area contributed by atoms with Crippen molar-refractivity contribution >= 4 is 8.56 Å². The predicted octanol–water partition coefficient (Wildman–Crippen LogP) is 0.985. The van der Waals surface area contributed by atoms with E-state index >= 15 is 0 Å². The quantitative estimate of drug-likeness (QED) is 0.269. The van der Waals surface area contributed by atoms with Crippen molar-refractivity contribution in [2.75, 3.05) is 20.8 Å². The molecule has 0 heterocycles. The summed E-state index contributed by atoms with van der Waals surface area (Å²) in [4.78, 5) is 0. The maximum Gasteiger partial charge on any atom is 0.337 e. The first-order valence-electron chi connectivity index (χ1n) is 4.78. The third kappa shape index (κ3) is 4.73. The average molecular weight is 206 g/mol. The number of hydrogen-bond acceptors (Lipinski definition) is 4. The zero-order valence-electron chi connectivity index (χ0n) is 8.93. The third-order valence-electron chi connectivity index (χ3n) is 2.25. The van der Waals surface area contributed by atoms with Gasteiger partial charge in [-0.15, -0.1) is 0 Å². The van der Waals surface area contributed by atoms with Crippen LogP contribution in [0.15, 0.2) is 0 Å². The molecule has 80 valence electrons. The van der Waals surface area contributed by atoms with Crippen molar-refractivity contribution in [2.45, 2.75) is 31.9 Å². The molecule has 0 atom stereocenters. The fourth-order valence-corrected chi connectivity index (χ4v) is 4.17. The van der Waals surface area contributed by atoms with E-state index in [1.807, 2.05) is 0 Å². The van der Waals surface area contributed by atoms with E-state index in [9.17, 15) is 0 Å². The van der Waals surface area contributed by atoms with Crippen LogP contribution in [-0.2, 0) is 8.85 Å². The number of nitrogens with two attached hydrogens (primary N) is 1. The Morgan fingerprint density at radius 2 is 1.85 bits per heavy atom. The molecule has 0 aromatic rings. The van der Waals surface area contributed by atoms with Crippen LogP contribution >= 0.6 is 0 Å². The maximum absolute atomic E-state index is 5.52. The summed E-state index contributed by atoms with van der Waals surface area (Å²) in [6, 6.07) is 2.07. The molecule has 0 amide bonds. The summed E-state index contributed by atoms with van der Waals surface area (Å²) in [6.07, 6.45) is 2.13. The van der Waals surface area contributed by atoms with Crippen molar-refractivity contribution in [3.8, 4) is 0 Å². The van der Waals surface area contributed by atoms with Crippen molar-refractivity contribution in [1.82, 2.24) is 5.43 Å². The molecule has 5 heteroatoms. The molecule has 0 spiro atoms. The second-order valence-electron chi connectivity index (χ2n) is 3.13. The van der Waals surface area contributed by atoms with E-state index in [4.69, 9.17) is 14.7 Å². The second-order valence-corrected chi connectivity index (χ2v) is 6.76. The molecule has 0 rings (SSSR count). The van der Waals surface area contributed by atoms with Crippen molar-refractivity contribution < 1.29 is 8.85 Å². The molecule has 0 aliphatic rings. The average Bonchev–Trinajstić information content (AvgIpc) is 2.17. The lowest BCUT2D eigenvalue weighted by Crippen LogP contribution is -2.40. The predicted molar refractivity (Wildman–Crippen MR) is 56.5 cm³/mol. The van der Waals surface area contributed by atoms with Gasteiger partial charge in [-0.05, 0) is 18.5 Å². The molecule has 0 aliphatic heterocycles. The highest BCUT2D eigenvalue weighted by Gasteiger charge is 2.33. The van der Waals surface area contributed by atoms with E-state index in [1.54, 1.807) is 14.2 Å². The van der Waals surface area contributed by atoms with Gasteiger partial charge in [-0.2, -0.15) is 0 Å². The summed E-state index contributed by atoms with van der Waals surface area (Å²) >= 11 is 0. The highest BCUT2D eigenvalue weighted by atomic mass is 28.4. The number of hydrazine groups is 1. The molecule has 0 saturated carbocycles.